The Morgan fingerprint density at radius 1 is 0.402 bits per heavy atom. The molecule has 0 bridgehead atoms. The van der Waals surface area contributed by atoms with Crippen molar-refractivity contribution in [3.8, 4) is 0 Å². The molecule has 3 atom stereocenters. The molecule has 3 aliphatic rings. The second-order valence-corrected chi connectivity index (χ2v) is 25.6. The number of hydrogen-bond acceptors (Lipinski definition) is 18. The smallest absolute Gasteiger partial charge is 0.364 e. The number of nitrogens with two attached hydrogens (primary N) is 3. The molecule has 0 spiro atoms. The first-order valence-corrected chi connectivity index (χ1v) is 34.0. The second-order valence-electron chi connectivity index (χ2n) is 25.1. The zero-order chi connectivity index (χ0) is 81.8. The lowest BCUT2D eigenvalue weighted by Crippen LogP contribution is -2.60. The highest BCUT2D eigenvalue weighted by molar-refractivity contribution is 6.62. The maximum atomic E-state index is 13.3. The molecule has 0 unspecified atom stereocenters. The van der Waals surface area contributed by atoms with Crippen molar-refractivity contribution in [3.05, 3.63) is 162 Å². The van der Waals surface area contributed by atoms with Gasteiger partial charge in [-0.15, -0.1) is 0 Å². The minimum Gasteiger partial charge on any atom is -0.364 e. The molecule has 12 rings (SSSR count). The van der Waals surface area contributed by atoms with Crippen LogP contribution in [0.2, 0.25) is 0 Å². The third-order valence-electron chi connectivity index (χ3n) is 17.4. The fourth-order valence-corrected chi connectivity index (χ4v) is 12.2. The molecule has 590 valence electrons. The van der Waals surface area contributed by atoms with Crippen molar-refractivity contribution in [2.24, 2.45) is 17.2 Å². The summed E-state index contributed by atoms with van der Waals surface area (Å²) in [5, 5.41) is 20.5. The summed E-state index contributed by atoms with van der Waals surface area (Å²) in [6.07, 6.45) is -12.4. The number of anilines is 3. The zero-order valence-corrected chi connectivity index (χ0v) is 60.0. The molecule has 112 heavy (non-hydrogen) atoms. The van der Waals surface area contributed by atoms with Gasteiger partial charge >= 0.3 is 18.5 Å². The van der Waals surface area contributed by atoms with E-state index in [1.165, 1.54) is 77.5 Å². The average Bonchev–Trinajstić information content (AvgIpc) is 1.76. The average molecular weight is 1590 g/mol. The van der Waals surface area contributed by atoms with Crippen LogP contribution in [0.15, 0.2) is 127 Å². The molecule has 11 amide bonds. The van der Waals surface area contributed by atoms with Crippen LogP contribution >= 0.6 is 11.6 Å². The first-order chi connectivity index (χ1) is 52.8. The molecule has 32 nitrogen and oxygen atoms in total. The molecule has 6 aromatic heterocycles. The van der Waals surface area contributed by atoms with Gasteiger partial charge in [-0.1, -0.05) is 72.8 Å². The van der Waals surface area contributed by atoms with Gasteiger partial charge < -0.3 is 57.7 Å². The number of primary amides is 3. The van der Waals surface area contributed by atoms with Crippen LogP contribution in [-0.2, 0) is 81.3 Å². The SMILES string of the molecule is CC(=O)Cl.CC(=O)N1CCN(C(=O)Cn2nc(C(N)=O)c3ccccc32)[C@H](C(=O)Nc2cccc(C(F)(F)F)n2)C1.CC(=O)N1CCN(C(=O)Cn2nc(C(N)=O)c3ccccc32)[C@H](C(=O)Nc2cccc(C(F)(F)F)n2)C1.NC(=O)c1nn(CC(=O)N2CCCC[C@H]2C(=O)Nc2cccc(C(F)(F)F)n2)c2ccccc12. The summed E-state index contributed by atoms with van der Waals surface area (Å²) in [7, 11) is 0. The molecular weight excluding hydrogens is 1520 g/mol. The maximum Gasteiger partial charge on any atom is 0.433 e. The number of piperazine rings is 2. The van der Waals surface area contributed by atoms with Crippen LogP contribution in [0.25, 0.3) is 32.7 Å². The summed E-state index contributed by atoms with van der Waals surface area (Å²) in [6.45, 7) is 3.23. The number of carbonyl (C=O) groups is 12. The number of pyridine rings is 3. The molecule has 9 heterocycles. The number of benzene rings is 3. The molecule has 42 heteroatoms. The van der Waals surface area contributed by atoms with Gasteiger partial charge in [-0.2, -0.15) is 54.8 Å². The number of nitrogens with zero attached hydrogens (tertiary/aromatic N) is 14. The summed E-state index contributed by atoms with van der Waals surface area (Å²) in [5.74, 6) is -7.65. The van der Waals surface area contributed by atoms with Gasteiger partial charge in [-0.3, -0.25) is 71.6 Å². The number of piperidine rings is 1. The van der Waals surface area contributed by atoms with Gasteiger partial charge in [0.15, 0.2) is 17.1 Å². The number of para-hydroxylation sites is 3. The predicted octanol–water partition coefficient (Wildman–Crippen LogP) is 5.83. The quantitative estimate of drug-likeness (QED) is 0.0519. The molecular formula is C70H68ClF9N20O12. The highest BCUT2D eigenvalue weighted by atomic mass is 35.5. The Balaban J connectivity index is 0.000000188. The van der Waals surface area contributed by atoms with Gasteiger partial charge in [0.05, 0.1) is 29.6 Å². The van der Waals surface area contributed by atoms with E-state index < -0.39 is 107 Å². The van der Waals surface area contributed by atoms with Gasteiger partial charge in [0.25, 0.3) is 17.7 Å². The monoisotopic (exact) mass is 1590 g/mol. The topological polar surface area (TPSA) is 427 Å². The number of nitrogens with one attached hydrogen (secondary N) is 3. The number of amides is 11. The van der Waals surface area contributed by atoms with Crippen molar-refractivity contribution in [2.75, 3.05) is 61.8 Å². The van der Waals surface area contributed by atoms with E-state index in [9.17, 15) is 97.0 Å². The lowest BCUT2D eigenvalue weighted by molar-refractivity contribution is -0.146. The van der Waals surface area contributed by atoms with Gasteiger partial charge in [-0.05, 0) is 85.5 Å². The summed E-state index contributed by atoms with van der Waals surface area (Å²) in [4.78, 5) is 164. The molecule has 9 aromatic rings. The number of aromatic nitrogens is 9. The first kappa shape index (κ1) is 83.1. The molecule has 3 aromatic carbocycles. The Bertz CT molecular complexity index is 4910. The van der Waals surface area contributed by atoms with Crippen molar-refractivity contribution < 1.29 is 97.0 Å². The molecule has 3 aliphatic heterocycles. The second kappa shape index (κ2) is 35.1. The number of alkyl halides is 9. The van der Waals surface area contributed by atoms with Crippen LogP contribution in [0.1, 0.15) is 88.6 Å². The minimum absolute atomic E-state index is 0.00556. The van der Waals surface area contributed by atoms with E-state index in [-0.39, 0.29) is 110 Å². The highest BCUT2D eigenvalue weighted by Gasteiger charge is 2.41. The summed E-state index contributed by atoms with van der Waals surface area (Å²) >= 11 is 4.64. The number of hydrogen-bond donors (Lipinski definition) is 6. The normalized spacial score (nSPS) is 15.8. The summed E-state index contributed by atoms with van der Waals surface area (Å²) < 4.78 is 121. The van der Waals surface area contributed by atoms with E-state index in [2.05, 4.69) is 57.8 Å². The standard InChI is InChI=1S/2C23H22F3N7O4.C22H21F3N6O3.C2H3ClO/c2*1-13(34)31-9-10-32(16(11-31)22(37)29-18-8-4-7-17(28-18)23(24,25)26)19(35)12-33-15-6-3-2-5-14(15)20(30-33)21(27)36;23-22(24,25)16-9-5-10-17(27-16)28-21(34)15-8-3-4-11-30(15)18(32)12-31-14-7-2-1-6-13(14)19(29-31)20(26)33;1-2(3)4/h2*2-8,16H,9-12H2,1H3,(H2,27,36)(H,28,29,37);1-2,5-7,9-10,15H,3-4,8,11-12H2,(H2,26,33)(H,27,28,34);1H3/t2*16-;15-;/m000./s1. The molecule has 0 aliphatic carbocycles. The van der Waals surface area contributed by atoms with Gasteiger partial charge in [0.1, 0.15) is 72.3 Å². The third-order valence-corrected chi connectivity index (χ3v) is 17.4. The van der Waals surface area contributed by atoms with E-state index in [0.717, 1.165) is 36.4 Å². The number of fused-ring (bicyclic) bond motifs is 3. The Hall–Kier alpha value is -13.0. The van der Waals surface area contributed by atoms with Crippen LogP contribution in [0.4, 0.5) is 57.0 Å². The number of halogens is 10. The predicted molar refractivity (Wildman–Crippen MR) is 380 cm³/mol. The Kier molecular flexibility index (Phi) is 26.1. The summed E-state index contributed by atoms with van der Waals surface area (Å²) in [6, 6.07) is 26.1. The minimum atomic E-state index is -4.71. The van der Waals surface area contributed by atoms with E-state index in [0.29, 0.717) is 58.5 Å². The van der Waals surface area contributed by atoms with Gasteiger partial charge in [0, 0.05) is 69.7 Å². The molecule has 0 radical (unpaired) electrons. The first-order valence-electron chi connectivity index (χ1n) is 33.7. The van der Waals surface area contributed by atoms with Crippen molar-refractivity contribution in [3.63, 3.8) is 0 Å². The van der Waals surface area contributed by atoms with Crippen LogP contribution in [0.5, 0.6) is 0 Å². The van der Waals surface area contributed by atoms with Crippen LogP contribution in [0.3, 0.4) is 0 Å². The molecule has 0 saturated carbocycles. The molecule has 9 N–H and O–H groups in total. The van der Waals surface area contributed by atoms with E-state index in [1.54, 1.807) is 72.8 Å². The van der Waals surface area contributed by atoms with Crippen molar-refractivity contribution in [1.29, 1.82) is 0 Å². The van der Waals surface area contributed by atoms with Crippen LogP contribution in [-0.4, -0.2) is 203 Å². The van der Waals surface area contributed by atoms with Gasteiger partial charge in [0.2, 0.25) is 52.5 Å². The molecule has 3 fully saturated rings. The highest BCUT2D eigenvalue weighted by Crippen LogP contribution is 2.32. The maximum absolute atomic E-state index is 13.3. The third kappa shape index (κ3) is 20.5. The lowest BCUT2D eigenvalue weighted by Gasteiger charge is -2.40. The van der Waals surface area contributed by atoms with E-state index in [1.807, 2.05) is 0 Å². The largest absolute Gasteiger partial charge is 0.433 e. The zero-order valence-electron chi connectivity index (χ0n) is 59.2. The fraction of sp³-hybridized carbons (Fsp3) is 0.314. The fourth-order valence-electron chi connectivity index (χ4n) is 12.2. The Morgan fingerprint density at radius 2 is 0.688 bits per heavy atom. The number of rotatable bonds is 15. The summed E-state index contributed by atoms with van der Waals surface area (Å²) in [5.41, 5.74) is 14.2. The van der Waals surface area contributed by atoms with Crippen molar-refractivity contribution in [2.45, 2.75) is 96.3 Å². The molecule has 3 saturated heterocycles. The van der Waals surface area contributed by atoms with E-state index >= 15 is 0 Å². The van der Waals surface area contributed by atoms with Crippen molar-refractivity contribution >= 4 is 132 Å². The Labute approximate surface area is 632 Å². The van der Waals surface area contributed by atoms with Crippen LogP contribution in [0, 0.1) is 0 Å². The van der Waals surface area contributed by atoms with Crippen molar-refractivity contribution in [1.82, 2.24) is 68.8 Å². The van der Waals surface area contributed by atoms with Crippen LogP contribution < -0.4 is 33.2 Å². The lowest BCUT2D eigenvalue weighted by atomic mass is 10.0. The van der Waals surface area contributed by atoms with Gasteiger partial charge in [-0.25, -0.2) is 15.0 Å². The Morgan fingerprint density at radius 3 is 0.973 bits per heavy atom. The number of carbonyl (C=O) groups excluding carboxylic acids is 12. The number of likely N-dealkylation sites (tertiary alicyclic amines) is 1. The van der Waals surface area contributed by atoms with E-state index in [4.69, 9.17) is 17.2 Å².